The van der Waals surface area contributed by atoms with E-state index in [9.17, 15) is 13.2 Å². The molecule has 1 amide bonds. The van der Waals surface area contributed by atoms with Crippen molar-refractivity contribution in [3.63, 3.8) is 0 Å². The van der Waals surface area contributed by atoms with Crippen molar-refractivity contribution in [3.8, 4) is 5.75 Å². The minimum atomic E-state index is -3.73. The summed E-state index contributed by atoms with van der Waals surface area (Å²) in [5, 5.41) is 4.59. The highest BCUT2D eigenvalue weighted by Crippen LogP contribution is 2.32. The van der Waals surface area contributed by atoms with E-state index in [1.807, 2.05) is 36.4 Å². The third-order valence-corrected chi connectivity index (χ3v) is 6.42. The summed E-state index contributed by atoms with van der Waals surface area (Å²) in [6, 6.07) is 20.1. The molecule has 2 N–H and O–H groups in total. The van der Waals surface area contributed by atoms with Crippen molar-refractivity contribution in [2.75, 3.05) is 11.9 Å². The maximum atomic E-state index is 13.0. The van der Waals surface area contributed by atoms with Crippen LogP contribution in [-0.2, 0) is 20.6 Å². The summed E-state index contributed by atoms with van der Waals surface area (Å²) in [7, 11) is -3.73. The van der Waals surface area contributed by atoms with Crippen molar-refractivity contribution in [3.05, 3.63) is 72.3 Å². The Labute approximate surface area is 190 Å². The Balaban J connectivity index is 1.79. The Kier molecular flexibility index (Phi) is 7.21. The molecule has 32 heavy (non-hydrogen) atoms. The van der Waals surface area contributed by atoms with Crippen LogP contribution >= 0.6 is 0 Å². The molecular formula is C25H30N2O4S. The Morgan fingerprint density at radius 2 is 1.56 bits per heavy atom. The molecule has 0 aliphatic carbocycles. The predicted molar refractivity (Wildman–Crippen MR) is 129 cm³/mol. The number of hydrogen-bond donors (Lipinski definition) is 2. The molecule has 3 aromatic rings. The van der Waals surface area contributed by atoms with Gasteiger partial charge in [-0.1, -0.05) is 68.4 Å². The van der Waals surface area contributed by atoms with Gasteiger partial charge in [-0.15, -0.1) is 0 Å². The lowest BCUT2D eigenvalue weighted by Gasteiger charge is -2.25. The molecule has 170 valence electrons. The van der Waals surface area contributed by atoms with Crippen LogP contribution in [0.1, 0.15) is 33.3 Å². The molecule has 0 saturated heterocycles. The van der Waals surface area contributed by atoms with E-state index in [-0.39, 0.29) is 5.75 Å². The van der Waals surface area contributed by atoms with Gasteiger partial charge >= 0.3 is 0 Å². The largest absolute Gasteiger partial charge is 0.493 e. The van der Waals surface area contributed by atoms with Crippen LogP contribution < -0.4 is 14.8 Å². The first-order valence-electron chi connectivity index (χ1n) is 10.6. The molecule has 0 fully saturated rings. The molecule has 0 aliphatic rings. The lowest BCUT2D eigenvalue weighted by molar-refractivity contribution is -0.120. The SMILES string of the molecule is CC(C)COc1ccc(NC(=O)C(C)(C)NS(=O)(=O)Cc2ccccc2)c2ccccc12. The number of carbonyl (C=O) groups excluding carboxylic acids is 1. The number of benzene rings is 3. The first kappa shape index (κ1) is 23.8. The van der Waals surface area contributed by atoms with Gasteiger partial charge in [0.2, 0.25) is 15.9 Å². The fourth-order valence-electron chi connectivity index (χ4n) is 3.31. The summed E-state index contributed by atoms with van der Waals surface area (Å²) >= 11 is 0. The standard InChI is InChI=1S/C25H30N2O4S/c1-18(2)16-31-23-15-14-22(20-12-8-9-13-21(20)23)26-24(28)25(3,4)27-32(29,30)17-19-10-6-5-7-11-19/h5-15,18,27H,16-17H2,1-4H3,(H,26,28). The zero-order valence-corrected chi connectivity index (χ0v) is 19.7. The lowest BCUT2D eigenvalue weighted by Crippen LogP contribution is -2.52. The van der Waals surface area contributed by atoms with Crippen molar-refractivity contribution >= 4 is 32.4 Å². The van der Waals surface area contributed by atoms with Crippen molar-refractivity contribution in [1.29, 1.82) is 0 Å². The molecule has 0 heterocycles. The third kappa shape index (κ3) is 6.08. The van der Waals surface area contributed by atoms with Gasteiger partial charge in [-0.25, -0.2) is 8.42 Å². The fraction of sp³-hybridized carbons (Fsp3) is 0.320. The van der Waals surface area contributed by atoms with Crippen molar-refractivity contribution in [2.24, 2.45) is 5.92 Å². The summed E-state index contributed by atoms with van der Waals surface area (Å²) in [6.45, 7) is 7.85. The van der Waals surface area contributed by atoms with E-state index in [4.69, 9.17) is 4.74 Å². The van der Waals surface area contributed by atoms with Crippen molar-refractivity contribution in [2.45, 2.75) is 39.0 Å². The molecule has 0 saturated carbocycles. The molecule has 3 rings (SSSR count). The summed E-state index contributed by atoms with van der Waals surface area (Å²) in [4.78, 5) is 13.0. The van der Waals surface area contributed by atoms with E-state index in [0.29, 0.717) is 23.8 Å². The number of sulfonamides is 1. The highest BCUT2D eigenvalue weighted by Gasteiger charge is 2.33. The number of carbonyl (C=O) groups is 1. The number of anilines is 1. The van der Waals surface area contributed by atoms with Crippen LogP contribution in [0.5, 0.6) is 5.75 Å². The Hall–Kier alpha value is -2.90. The normalized spacial score (nSPS) is 12.2. The minimum Gasteiger partial charge on any atom is -0.493 e. The summed E-state index contributed by atoms with van der Waals surface area (Å²) in [5.74, 6) is 0.484. The minimum absolute atomic E-state index is 0.199. The van der Waals surface area contributed by atoms with Crippen molar-refractivity contribution < 1.29 is 17.9 Å². The zero-order chi connectivity index (χ0) is 23.4. The maximum absolute atomic E-state index is 13.0. The lowest BCUT2D eigenvalue weighted by atomic mass is 10.0. The number of rotatable bonds is 9. The number of fused-ring (bicyclic) bond motifs is 1. The van der Waals surface area contributed by atoms with E-state index < -0.39 is 21.5 Å². The van der Waals surface area contributed by atoms with E-state index in [1.165, 1.54) is 0 Å². The number of ether oxygens (including phenoxy) is 1. The van der Waals surface area contributed by atoms with Gasteiger partial charge in [0, 0.05) is 16.5 Å². The first-order chi connectivity index (χ1) is 15.1. The predicted octanol–water partition coefficient (Wildman–Crippen LogP) is 4.71. The second-order valence-corrected chi connectivity index (χ2v) is 10.5. The average molecular weight is 455 g/mol. The monoisotopic (exact) mass is 454 g/mol. The summed E-state index contributed by atoms with van der Waals surface area (Å²) in [5.41, 5.74) is -0.0985. The number of hydrogen-bond acceptors (Lipinski definition) is 4. The molecule has 7 heteroatoms. The smallest absolute Gasteiger partial charge is 0.245 e. The van der Waals surface area contributed by atoms with E-state index >= 15 is 0 Å². The van der Waals surface area contributed by atoms with Gasteiger partial charge in [-0.05, 0) is 37.5 Å². The highest BCUT2D eigenvalue weighted by molar-refractivity contribution is 7.88. The fourth-order valence-corrected chi connectivity index (χ4v) is 4.88. The number of amides is 1. The van der Waals surface area contributed by atoms with Gasteiger partial charge in [-0.2, -0.15) is 4.72 Å². The maximum Gasteiger partial charge on any atom is 0.245 e. The van der Waals surface area contributed by atoms with Crippen LogP contribution in [0.4, 0.5) is 5.69 Å². The molecule has 0 bridgehead atoms. The van der Waals surface area contributed by atoms with Gasteiger partial charge in [0.15, 0.2) is 0 Å². The number of nitrogens with one attached hydrogen (secondary N) is 2. The van der Waals surface area contributed by atoms with Crippen LogP contribution in [0.25, 0.3) is 10.8 Å². The van der Waals surface area contributed by atoms with Crippen LogP contribution in [0.15, 0.2) is 66.7 Å². The second-order valence-electron chi connectivity index (χ2n) is 8.79. The van der Waals surface area contributed by atoms with E-state index in [0.717, 1.165) is 16.5 Å². The molecule has 0 aromatic heterocycles. The quantitative estimate of drug-likeness (QED) is 0.490. The highest BCUT2D eigenvalue weighted by atomic mass is 32.2. The molecule has 0 radical (unpaired) electrons. The Bertz CT molecular complexity index is 1190. The van der Waals surface area contributed by atoms with Crippen LogP contribution in [0.2, 0.25) is 0 Å². The third-order valence-electron chi connectivity index (χ3n) is 4.88. The topological polar surface area (TPSA) is 84.5 Å². The summed E-state index contributed by atoms with van der Waals surface area (Å²) in [6.07, 6.45) is 0. The van der Waals surface area contributed by atoms with Gasteiger partial charge < -0.3 is 10.1 Å². The molecule has 0 aliphatic heterocycles. The molecule has 0 unspecified atom stereocenters. The summed E-state index contributed by atoms with van der Waals surface area (Å²) < 4.78 is 33.8. The van der Waals surface area contributed by atoms with E-state index in [1.54, 1.807) is 44.2 Å². The van der Waals surface area contributed by atoms with Crippen LogP contribution in [0, 0.1) is 5.92 Å². The molecule has 3 aromatic carbocycles. The zero-order valence-electron chi connectivity index (χ0n) is 18.9. The van der Waals surface area contributed by atoms with Crippen LogP contribution in [0.3, 0.4) is 0 Å². The Morgan fingerprint density at radius 1 is 0.938 bits per heavy atom. The molecule has 0 spiro atoms. The van der Waals surface area contributed by atoms with Gasteiger partial charge in [0.1, 0.15) is 11.3 Å². The molecule has 0 atom stereocenters. The van der Waals surface area contributed by atoms with Crippen LogP contribution in [-0.4, -0.2) is 26.5 Å². The average Bonchev–Trinajstić information content (AvgIpc) is 2.72. The van der Waals surface area contributed by atoms with Crippen molar-refractivity contribution in [1.82, 2.24) is 4.72 Å². The van der Waals surface area contributed by atoms with Gasteiger partial charge in [0.25, 0.3) is 0 Å². The first-order valence-corrected chi connectivity index (χ1v) is 12.2. The molecular weight excluding hydrogens is 424 g/mol. The molecule has 6 nitrogen and oxygen atoms in total. The van der Waals surface area contributed by atoms with Gasteiger partial charge in [0.05, 0.1) is 12.4 Å². The van der Waals surface area contributed by atoms with Gasteiger partial charge in [-0.3, -0.25) is 4.79 Å². The Morgan fingerprint density at radius 3 is 2.22 bits per heavy atom. The van der Waals surface area contributed by atoms with E-state index in [2.05, 4.69) is 23.9 Å². The second kappa shape index (κ2) is 9.71.